The lowest BCUT2D eigenvalue weighted by Gasteiger charge is -2.35. The lowest BCUT2D eigenvalue weighted by atomic mass is 10.4. The Morgan fingerprint density at radius 2 is 1.86 bits per heavy atom. The van der Waals surface area contributed by atoms with E-state index >= 15 is 0 Å². The molecule has 21 heavy (non-hydrogen) atoms. The molecule has 0 atom stereocenters. The zero-order valence-electron chi connectivity index (χ0n) is 12.9. The molecule has 1 aliphatic heterocycles. The van der Waals surface area contributed by atoms with Crippen LogP contribution in [0, 0.1) is 0 Å². The van der Waals surface area contributed by atoms with Gasteiger partial charge in [-0.2, -0.15) is 17.0 Å². The number of carbonyl (C=O) groups excluding carboxylic acids is 1. The number of ether oxygens (including phenoxy) is 2. The lowest BCUT2D eigenvalue weighted by Crippen LogP contribution is -2.53. The Bertz CT molecular complexity index is 421. The van der Waals surface area contributed by atoms with Gasteiger partial charge in [0.2, 0.25) is 0 Å². The molecule has 0 N–H and O–H groups in total. The van der Waals surface area contributed by atoms with Gasteiger partial charge in [0.1, 0.15) is 0 Å². The predicted molar refractivity (Wildman–Crippen MR) is 78.2 cm³/mol. The van der Waals surface area contributed by atoms with Crippen molar-refractivity contribution in [2.24, 2.45) is 0 Å². The standard InChI is InChI=1S/C12H25N3O5S/c1-4-20-12(16)14-7-9-15(10-8-14)21(17,18)13(2)6-5-11-19-3/h4-11H2,1-3H3. The van der Waals surface area contributed by atoms with Gasteiger partial charge in [-0.25, -0.2) is 4.79 Å². The Morgan fingerprint density at radius 1 is 1.24 bits per heavy atom. The zero-order chi connectivity index (χ0) is 15.9. The second kappa shape index (κ2) is 8.52. The molecule has 1 fully saturated rings. The maximum absolute atomic E-state index is 12.4. The van der Waals surface area contributed by atoms with Gasteiger partial charge in [-0.05, 0) is 13.3 Å². The summed E-state index contributed by atoms with van der Waals surface area (Å²) in [6.07, 6.45) is 0.262. The Morgan fingerprint density at radius 3 is 2.38 bits per heavy atom. The number of carbonyl (C=O) groups is 1. The van der Waals surface area contributed by atoms with E-state index < -0.39 is 10.2 Å². The number of hydrogen-bond donors (Lipinski definition) is 0. The van der Waals surface area contributed by atoms with E-state index in [1.807, 2.05) is 0 Å². The summed E-state index contributed by atoms with van der Waals surface area (Å²) < 4.78 is 37.3. The van der Waals surface area contributed by atoms with Crippen molar-refractivity contribution in [3.8, 4) is 0 Å². The van der Waals surface area contributed by atoms with Crippen molar-refractivity contribution < 1.29 is 22.7 Å². The summed E-state index contributed by atoms with van der Waals surface area (Å²) in [4.78, 5) is 13.1. The summed E-state index contributed by atoms with van der Waals surface area (Å²) in [6, 6.07) is 0. The van der Waals surface area contributed by atoms with Crippen LogP contribution in [-0.2, 0) is 19.7 Å². The summed E-state index contributed by atoms with van der Waals surface area (Å²) in [7, 11) is -0.327. The van der Waals surface area contributed by atoms with Gasteiger partial charge in [-0.1, -0.05) is 0 Å². The van der Waals surface area contributed by atoms with E-state index in [2.05, 4.69) is 0 Å². The van der Waals surface area contributed by atoms with Crippen molar-refractivity contribution in [3.05, 3.63) is 0 Å². The summed E-state index contributed by atoms with van der Waals surface area (Å²) in [5, 5.41) is 0. The van der Waals surface area contributed by atoms with Crippen LogP contribution in [0.5, 0.6) is 0 Å². The van der Waals surface area contributed by atoms with E-state index in [0.29, 0.717) is 39.3 Å². The van der Waals surface area contributed by atoms with Gasteiger partial charge < -0.3 is 14.4 Å². The second-order valence-electron chi connectivity index (χ2n) is 4.76. The molecule has 0 aliphatic carbocycles. The maximum Gasteiger partial charge on any atom is 0.409 e. The Balaban J connectivity index is 2.50. The van der Waals surface area contributed by atoms with Crippen LogP contribution in [0.2, 0.25) is 0 Å². The van der Waals surface area contributed by atoms with Crippen LogP contribution in [0.25, 0.3) is 0 Å². The van der Waals surface area contributed by atoms with Crippen molar-refractivity contribution in [2.75, 3.05) is 60.1 Å². The number of nitrogens with zero attached hydrogens (tertiary/aromatic N) is 3. The summed E-state index contributed by atoms with van der Waals surface area (Å²) >= 11 is 0. The number of hydrogen-bond acceptors (Lipinski definition) is 5. The normalized spacial score (nSPS) is 17.2. The van der Waals surface area contributed by atoms with E-state index in [-0.39, 0.29) is 19.2 Å². The summed E-state index contributed by atoms with van der Waals surface area (Å²) in [6.45, 7) is 4.28. The van der Waals surface area contributed by atoms with Gasteiger partial charge in [0.15, 0.2) is 0 Å². The smallest absolute Gasteiger partial charge is 0.409 e. The molecule has 1 saturated heterocycles. The summed E-state index contributed by atoms with van der Waals surface area (Å²) in [5.74, 6) is 0. The minimum Gasteiger partial charge on any atom is -0.450 e. The average Bonchev–Trinajstić information content (AvgIpc) is 2.47. The third kappa shape index (κ3) is 5.10. The van der Waals surface area contributed by atoms with Crippen LogP contribution in [0.4, 0.5) is 4.79 Å². The lowest BCUT2D eigenvalue weighted by molar-refractivity contribution is 0.0925. The molecule has 0 bridgehead atoms. The molecule has 0 aromatic carbocycles. The number of methoxy groups -OCH3 is 1. The first-order valence-corrected chi connectivity index (χ1v) is 8.45. The molecule has 0 aromatic rings. The third-order valence-corrected chi connectivity index (χ3v) is 5.29. The average molecular weight is 323 g/mol. The van der Waals surface area contributed by atoms with Gasteiger partial charge in [0.05, 0.1) is 6.61 Å². The van der Waals surface area contributed by atoms with Gasteiger partial charge in [-0.3, -0.25) is 0 Å². The maximum atomic E-state index is 12.4. The van der Waals surface area contributed by atoms with Crippen molar-refractivity contribution in [1.82, 2.24) is 13.5 Å². The molecule has 1 aliphatic rings. The molecule has 1 amide bonds. The van der Waals surface area contributed by atoms with Crippen molar-refractivity contribution >= 4 is 16.3 Å². The fourth-order valence-electron chi connectivity index (χ4n) is 2.06. The topological polar surface area (TPSA) is 79.4 Å². The molecule has 0 unspecified atom stereocenters. The first-order chi connectivity index (χ1) is 9.93. The van der Waals surface area contributed by atoms with Gasteiger partial charge in [-0.15, -0.1) is 0 Å². The van der Waals surface area contributed by atoms with E-state index in [1.165, 1.54) is 13.5 Å². The Kier molecular flexibility index (Phi) is 7.36. The van der Waals surface area contributed by atoms with Crippen LogP contribution in [0.15, 0.2) is 0 Å². The van der Waals surface area contributed by atoms with Gasteiger partial charge in [0.25, 0.3) is 10.2 Å². The molecule has 8 nitrogen and oxygen atoms in total. The van der Waals surface area contributed by atoms with Crippen LogP contribution in [0.1, 0.15) is 13.3 Å². The Hall–Kier alpha value is -0.900. The fraction of sp³-hybridized carbons (Fsp3) is 0.917. The molecule has 1 heterocycles. The van der Waals surface area contributed by atoms with Gasteiger partial charge in [0, 0.05) is 53.5 Å². The molecule has 0 aromatic heterocycles. The number of piperazine rings is 1. The predicted octanol–water partition coefficient (Wildman–Crippen LogP) is -0.0264. The number of amides is 1. The summed E-state index contributed by atoms with van der Waals surface area (Å²) in [5.41, 5.74) is 0. The highest BCUT2D eigenvalue weighted by molar-refractivity contribution is 7.86. The monoisotopic (exact) mass is 323 g/mol. The molecule has 0 saturated carbocycles. The van der Waals surface area contributed by atoms with E-state index in [4.69, 9.17) is 9.47 Å². The highest BCUT2D eigenvalue weighted by atomic mass is 32.2. The van der Waals surface area contributed by atoms with Crippen LogP contribution >= 0.6 is 0 Å². The van der Waals surface area contributed by atoms with Crippen LogP contribution < -0.4 is 0 Å². The molecular weight excluding hydrogens is 298 g/mol. The van der Waals surface area contributed by atoms with Crippen molar-refractivity contribution in [3.63, 3.8) is 0 Å². The first kappa shape index (κ1) is 18.1. The quantitative estimate of drug-likeness (QED) is 0.615. The van der Waals surface area contributed by atoms with E-state index in [0.717, 1.165) is 0 Å². The largest absolute Gasteiger partial charge is 0.450 e. The van der Waals surface area contributed by atoms with Crippen LogP contribution in [-0.4, -0.2) is 88.1 Å². The zero-order valence-corrected chi connectivity index (χ0v) is 13.8. The second-order valence-corrected chi connectivity index (χ2v) is 6.80. The number of rotatable bonds is 7. The molecule has 0 spiro atoms. The van der Waals surface area contributed by atoms with Crippen LogP contribution in [0.3, 0.4) is 0 Å². The minimum absolute atomic E-state index is 0.287. The minimum atomic E-state index is -3.47. The molecule has 124 valence electrons. The van der Waals surface area contributed by atoms with E-state index in [9.17, 15) is 13.2 Å². The Labute approximate surface area is 126 Å². The molecular formula is C12H25N3O5S. The van der Waals surface area contributed by atoms with Gasteiger partial charge >= 0.3 is 6.09 Å². The highest BCUT2D eigenvalue weighted by Gasteiger charge is 2.31. The highest BCUT2D eigenvalue weighted by Crippen LogP contribution is 2.12. The van der Waals surface area contributed by atoms with Crippen molar-refractivity contribution in [2.45, 2.75) is 13.3 Å². The van der Waals surface area contributed by atoms with E-state index in [1.54, 1.807) is 21.1 Å². The molecule has 0 radical (unpaired) electrons. The third-order valence-electron chi connectivity index (χ3n) is 3.31. The van der Waals surface area contributed by atoms with Crippen molar-refractivity contribution in [1.29, 1.82) is 0 Å². The SMILES string of the molecule is CCOC(=O)N1CCN(S(=O)(=O)N(C)CCCOC)CC1. The fourth-order valence-corrected chi connectivity index (χ4v) is 3.44. The molecule has 9 heteroatoms. The molecule has 1 rings (SSSR count). The first-order valence-electron chi connectivity index (χ1n) is 7.05.